The lowest BCUT2D eigenvalue weighted by Crippen LogP contribution is -2.52. The van der Waals surface area contributed by atoms with Crippen molar-refractivity contribution in [2.24, 2.45) is 5.92 Å². The van der Waals surface area contributed by atoms with Crippen molar-refractivity contribution in [1.29, 1.82) is 0 Å². The molecule has 2 aromatic carbocycles. The number of benzene rings is 2. The molecule has 232 valence electrons. The zero-order valence-corrected chi connectivity index (χ0v) is 26.0. The third-order valence-corrected chi connectivity index (χ3v) is 9.53. The van der Waals surface area contributed by atoms with Crippen molar-refractivity contribution < 1.29 is 18.3 Å². The van der Waals surface area contributed by atoms with Crippen LogP contribution in [0.1, 0.15) is 61.0 Å². The maximum Gasteiger partial charge on any atom is 0.267 e. The zero-order chi connectivity index (χ0) is 27.8. The summed E-state index contributed by atoms with van der Waals surface area (Å²) in [5, 5.41) is 4.82. The number of aromatic amines is 1. The quantitative estimate of drug-likeness (QED) is 0.231. The van der Waals surface area contributed by atoms with Crippen LogP contribution < -0.4 is 10.1 Å². The van der Waals surface area contributed by atoms with E-state index in [-0.39, 0.29) is 54.8 Å². The summed E-state index contributed by atoms with van der Waals surface area (Å²) in [6.45, 7) is 6.12. The molecule has 0 unspecified atom stereocenters. The number of hydrogen-bond donors (Lipinski definition) is 2. The normalized spacial score (nSPS) is 21.6. The third kappa shape index (κ3) is 6.68. The highest BCUT2D eigenvalue weighted by atomic mass is 35.5. The molecule has 7 nitrogen and oxygen atoms in total. The zero-order valence-electron chi connectivity index (χ0n) is 24.4. The van der Waals surface area contributed by atoms with Crippen molar-refractivity contribution in [1.82, 2.24) is 20.1 Å². The van der Waals surface area contributed by atoms with Gasteiger partial charge in [-0.05, 0) is 81.8 Å². The van der Waals surface area contributed by atoms with Crippen molar-refractivity contribution >= 4 is 52.6 Å². The minimum absolute atomic E-state index is 0. The number of fused-ring (bicyclic) bond motifs is 3. The van der Waals surface area contributed by atoms with Gasteiger partial charge in [0.2, 0.25) is 0 Å². The van der Waals surface area contributed by atoms with Crippen molar-refractivity contribution in [2.45, 2.75) is 63.6 Å². The summed E-state index contributed by atoms with van der Waals surface area (Å²) in [5.74, 6) is 0.998. The lowest BCUT2D eigenvalue weighted by molar-refractivity contribution is 0.0351. The summed E-state index contributed by atoms with van der Waals surface area (Å²) in [6.07, 6.45) is 10.3. The van der Waals surface area contributed by atoms with Gasteiger partial charge in [-0.2, -0.15) is 0 Å². The molecule has 4 aromatic rings. The lowest BCUT2D eigenvalue weighted by atomic mass is 9.83. The molecule has 1 amide bonds. The Morgan fingerprint density at radius 1 is 0.977 bits per heavy atom. The van der Waals surface area contributed by atoms with E-state index in [0.29, 0.717) is 16.8 Å². The maximum atomic E-state index is 14.0. The number of carbonyl (C=O) groups excluding carboxylic acids is 1. The van der Waals surface area contributed by atoms with Crippen molar-refractivity contribution in [3.63, 3.8) is 0 Å². The SMILES string of the molecule is Cl.Cl.O=C(NC1CCN(C[C@@H]2CCCN3CCCC[C@H]23)CC1)c1cc2c(OCc3coc4c(F)cccc34)cccc2[nH]1. The first-order valence-electron chi connectivity index (χ1n) is 15.3. The predicted molar refractivity (Wildman–Crippen MR) is 172 cm³/mol. The van der Waals surface area contributed by atoms with Crippen LogP contribution in [0.25, 0.3) is 21.9 Å². The number of nitrogens with one attached hydrogen (secondary N) is 2. The average Bonchev–Trinajstić information content (AvgIpc) is 3.63. The number of nitrogens with zero attached hydrogens (tertiary/aromatic N) is 2. The van der Waals surface area contributed by atoms with E-state index in [2.05, 4.69) is 20.1 Å². The summed E-state index contributed by atoms with van der Waals surface area (Å²) in [4.78, 5) is 21.9. The summed E-state index contributed by atoms with van der Waals surface area (Å²) in [5.41, 5.74) is 2.39. The number of furan rings is 1. The number of amides is 1. The van der Waals surface area contributed by atoms with E-state index in [9.17, 15) is 9.18 Å². The van der Waals surface area contributed by atoms with Crippen LogP contribution in [0.4, 0.5) is 4.39 Å². The van der Waals surface area contributed by atoms with E-state index in [1.807, 2.05) is 30.3 Å². The second-order valence-electron chi connectivity index (χ2n) is 12.1. The van der Waals surface area contributed by atoms with E-state index in [1.165, 1.54) is 64.1 Å². The summed E-state index contributed by atoms with van der Waals surface area (Å²) < 4.78 is 25.5. The van der Waals surface area contributed by atoms with E-state index in [4.69, 9.17) is 9.15 Å². The average molecular weight is 632 g/mol. The van der Waals surface area contributed by atoms with E-state index < -0.39 is 0 Å². The number of carbonyl (C=O) groups is 1. The molecule has 3 saturated heterocycles. The van der Waals surface area contributed by atoms with E-state index in [1.54, 1.807) is 6.07 Å². The second kappa shape index (κ2) is 13.9. The number of hydrogen-bond acceptors (Lipinski definition) is 5. The number of likely N-dealkylation sites (tertiary alicyclic amines) is 1. The molecule has 3 aliphatic heterocycles. The van der Waals surface area contributed by atoms with Gasteiger partial charge in [-0.1, -0.05) is 24.6 Å². The van der Waals surface area contributed by atoms with Crippen LogP contribution in [0.2, 0.25) is 0 Å². The van der Waals surface area contributed by atoms with Gasteiger partial charge in [0, 0.05) is 53.6 Å². The van der Waals surface area contributed by atoms with Gasteiger partial charge in [0.15, 0.2) is 11.4 Å². The Kier molecular flexibility index (Phi) is 10.2. The molecular weight excluding hydrogens is 590 g/mol. The van der Waals surface area contributed by atoms with Gasteiger partial charge in [-0.25, -0.2) is 4.39 Å². The first-order chi connectivity index (χ1) is 20.1. The van der Waals surface area contributed by atoms with Crippen LogP contribution in [0.5, 0.6) is 5.75 Å². The van der Waals surface area contributed by atoms with Crippen LogP contribution in [0.15, 0.2) is 53.1 Å². The molecule has 3 aliphatic rings. The highest BCUT2D eigenvalue weighted by Gasteiger charge is 2.34. The summed E-state index contributed by atoms with van der Waals surface area (Å²) >= 11 is 0. The summed E-state index contributed by atoms with van der Waals surface area (Å²) in [6, 6.07) is 13.4. The second-order valence-corrected chi connectivity index (χ2v) is 12.1. The number of halogens is 3. The molecule has 0 spiro atoms. The smallest absolute Gasteiger partial charge is 0.267 e. The van der Waals surface area contributed by atoms with Crippen LogP contribution in [0, 0.1) is 11.7 Å². The number of rotatable bonds is 7. The minimum atomic E-state index is -0.386. The molecule has 43 heavy (non-hydrogen) atoms. The van der Waals surface area contributed by atoms with Gasteiger partial charge in [0.25, 0.3) is 5.91 Å². The van der Waals surface area contributed by atoms with Gasteiger partial charge < -0.3 is 29.3 Å². The Morgan fingerprint density at radius 2 is 1.79 bits per heavy atom. The molecule has 7 rings (SSSR count). The van der Waals surface area contributed by atoms with E-state index in [0.717, 1.165) is 54.4 Å². The Balaban J connectivity index is 0.00000184. The molecule has 2 aromatic heterocycles. The highest BCUT2D eigenvalue weighted by molar-refractivity contribution is 5.99. The standard InChI is InChI=1S/C33H39FN4O3.2ClH/c34-27-8-3-7-25-23(21-41-32(25)27)20-40-31-11-4-9-28-26(31)18-29(36-28)33(39)35-24-12-16-37(17-13-24)19-22-6-5-15-38-14-2-1-10-30(22)38;;/h3-4,7-9,11,18,21-22,24,30,36H,1-2,5-6,10,12-17,19-20H2,(H,35,39);2*1H/t22-,30+;;/m0../s1. The molecule has 0 aliphatic carbocycles. The van der Waals surface area contributed by atoms with Crippen molar-refractivity contribution in [2.75, 3.05) is 32.7 Å². The number of H-pyrrole nitrogens is 1. The molecule has 0 bridgehead atoms. The Bertz CT molecular complexity index is 1530. The first kappa shape index (κ1) is 31.6. The van der Waals surface area contributed by atoms with Gasteiger partial charge in [0.05, 0.1) is 6.26 Å². The fourth-order valence-electron chi connectivity index (χ4n) is 7.36. The largest absolute Gasteiger partial charge is 0.488 e. The topological polar surface area (TPSA) is 73.7 Å². The van der Waals surface area contributed by atoms with Crippen LogP contribution in [-0.2, 0) is 6.61 Å². The van der Waals surface area contributed by atoms with E-state index >= 15 is 0 Å². The molecule has 0 saturated carbocycles. The molecule has 10 heteroatoms. The van der Waals surface area contributed by atoms with Crippen LogP contribution in [0.3, 0.4) is 0 Å². The lowest BCUT2D eigenvalue weighted by Gasteiger charge is -2.46. The first-order valence-corrected chi connectivity index (χ1v) is 15.3. The highest BCUT2D eigenvalue weighted by Crippen LogP contribution is 2.32. The van der Waals surface area contributed by atoms with Crippen LogP contribution >= 0.6 is 24.8 Å². The Hall–Kier alpha value is -2.78. The van der Waals surface area contributed by atoms with Gasteiger partial charge >= 0.3 is 0 Å². The summed E-state index contributed by atoms with van der Waals surface area (Å²) in [7, 11) is 0. The molecule has 0 radical (unpaired) electrons. The third-order valence-electron chi connectivity index (χ3n) is 9.53. The number of para-hydroxylation sites is 1. The van der Waals surface area contributed by atoms with Crippen LogP contribution in [-0.4, -0.2) is 65.5 Å². The molecular formula is C33H41Cl2FN4O3. The van der Waals surface area contributed by atoms with Gasteiger partial charge in [-0.3, -0.25) is 4.79 Å². The Morgan fingerprint density at radius 3 is 2.65 bits per heavy atom. The van der Waals surface area contributed by atoms with Crippen molar-refractivity contribution in [3.05, 3.63) is 65.8 Å². The molecule has 3 fully saturated rings. The number of piperidine rings is 3. The van der Waals surface area contributed by atoms with Gasteiger partial charge in [0.1, 0.15) is 18.1 Å². The minimum Gasteiger partial charge on any atom is -0.488 e. The van der Waals surface area contributed by atoms with Crippen molar-refractivity contribution in [3.8, 4) is 5.75 Å². The molecule has 5 heterocycles. The predicted octanol–water partition coefficient (Wildman–Crippen LogP) is 6.93. The Labute approximate surface area is 264 Å². The molecule has 2 N–H and O–H groups in total. The van der Waals surface area contributed by atoms with Gasteiger partial charge in [-0.15, -0.1) is 24.8 Å². The monoisotopic (exact) mass is 630 g/mol. The maximum absolute atomic E-state index is 14.0. The fraction of sp³-hybridized carbons (Fsp3) is 0.485. The number of ether oxygens (including phenoxy) is 1. The fourth-order valence-corrected chi connectivity index (χ4v) is 7.36. The molecule has 2 atom stereocenters. The number of aromatic nitrogens is 1.